The fraction of sp³-hybridized carbons (Fsp3) is 0.548. The van der Waals surface area contributed by atoms with Gasteiger partial charge in [-0.15, -0.1) is 11.5 Å². The molecule has 0 aliphatic carbocycles. The molecule has 1 aromatic carbocycles. The second-order valence-corrected chi connectivity index (χ2v) is 10.7. The van der Waals surface area contributed by atoms with Gasteiger partial charge in [0.25, 0.3) is 17.5 Å². The number of hydrogen-bond acceptors (Lipinski definition) is 12. The number of terminal acetylenes is 1. The molecule has 5 amide bonds. The fourth-order valence-electron chi connectivity index (χ4n) is 4.58. The lowest BCUT2D eigenvalue weighted by molar-refractivity contribution is -0.386. The van der Waals surface area contributed by atoms with E-state index in [9.17, 15) is 38.9 Å². The zero-order valence-electron chi connectivity index (χ0n) is 27.2. The molecular weight excluding hydrogens is 634 g/mol. The number of nitrogens with zero attached hydrogens (tertiary/aromatic N) is 3. The highest BCUT2D eigenvalue weighted by Gasteiger charge is 2.33. The van der Waals surface area contributed by atoms with Crippen molar-refractivity contribution in [2.24, 2.45) is 0 Å². The summed E-state index contributed by atoms with van der Waals surface area (Å²) in [6.45, 7) is 0.0787. The third kappa shape index (κ3) is 12.4. The highest BCUT2D eigenvalue weighted by molar-refractivity contribution is 6.01. The molecule has 1 saturated heterocycles. The molecule has 17 nitrogen and oxygen atoms in total. The van der Waals surface area contributed by atoms with Gasteiger partial charge < -0.3 is 34.6 Å². The van der Waals surface area contributed by atoms with Gasteiger partial charge in [0.1, 0.15) is 0 Å². The van der Waals surface area contributed by atoms with Crippen LogP contribution in [-0.2, 0) is 33.5 Å². The highest BCUT2D eigenvalue weighted by Crippen LogP contribution is 2.38. The summed E-state index contributed by atoms with van der Waals surface area (Å²) in [6, 6.07) is 2.44. The normalized spacial score (nSPS) is 12.8. The van der Waals surface area contributed by atoms with E-state index in [-0.39, 0.29) is 87.5 Å². The predicted octanol–water partition coefficient (Wildman–Crippen LogP) is 2.32. The van der Waals surface area contributed by atoms with E-state index in [1.54, 1.807) is 0 Å². The number of carbonyl (C=O) groups is 6. The minimum atomic E-state index is -1.30. The van der Waals surface area contributed by atoms with E-state index in [1.807, 2.05) is 0 Å². The first kappa shape index (κ1) is 38.8. The molecule has 2 N–H and O–H groups in total. The Hall–Kier alpha value is -5.40. The number of imide groups is 1. The first-order valence-electron chi connectivity index (χ1n) is 15.3. The number of ether oxygens (including phenoxy) is 3. The van der Waals surface area contributed by atoms with E-state index in [2.05, 4.69) is 16.6 Å². The number of amides is 5. The number of benzene rings is 1. The molecule has 2 rings (SSSR count). The molecule has 262 valence electrons. The van der Waals surface area contributed by atoms with Crippen LogP contribution in [0, 0.1) is 22.5 Å². The second-order valence-electron chi connectivity index (χ2n) is 10.7. The van der Waals surface area contributed by atoms with Crippen molar-refractivity contribution in [3.05, 3.63) is 27.8 Å². The van der Waals surface area contributed by atoms with Gasteiger partial charge in [-0.25, -0.2) is 9.59 Å². The number of carbonyl (C=O) groups excluding carboxylic acids is 6. The summed E-state index contributed by atoms with van der Waals surface area (Å²) in [4.78, 5) is 90.1. The lowest BCUT2D eigenvalue weighted by atomic mass is 10.0. The third-order valence-corrected chi connectivity index (χ3v) is 7.15. The van der Waals surface area contributed by atoms with Gasteiger partial charge >= 0.3 is 12.1 Å². The van der Waals surface area contributed by atoms with Gasteiger partial charge in [0.05, 0.1) is 43.9 Å². The summed E-state index contributed by atoms with van der Waals surface area (Å²) < 4.78 is 16.1. The number of likely N-dealkylation sites (N-methyl/N-ethyl adjacent to an activating group) is 1. The number of hydrogen-bond donors (Lipinski definition) is 2. The zero-order chi connectivity index (χ0) is 35.6. The van der Waals surface area contributed by atoms with Crippen LogP contribution in [0.4, 0.5) is 10.5 Å². The van der Waals surface area contributed by atoms with Gasteiger partial charge in [-0.3, -0.25) is 29.3 Å². The quantitative estimate of drug-likeness (QED) is 0.0670. The van der Waals surface area contributed by atoms with Crippen LogP contribution in [0.25, 0.3) is 0 Å². The van der Waals surface area contributed by atoms with Crippen molar-refractivity contribution in [2.45, 2.75) is 70.3 Å². The van der Waals surface area contributed by atoms with Gasteiger partial charge in [-0.2, -0.15) is 0 Å². The standard InChI is InChI=1S/C31H41N5O12/c1-5-16-32-26(37)11-7-6-10-17-33-31(42)47-25(21-18-23(45-3)24(46-4)19-22(21)36(43)44)20-34(2)27(38)12-8-9-13-30(41)48-35-28(39)14-15-29(35)40/h1,18-19,25H,6-17,20H2,2-4H3,(H,32,37)(H,33,42). The Bertz CT molecular complexity index is 1380. The van der Waals surface area contributed by atoms with Crippen LogP contribution in [0.3, 0.4) is 0 Å². The van der Waals surface area contributed by atoms with Crippen molar-refractivity contribution in [3.63, 3.8) is 0 Å². The van der Waals surface area contributed by atoms with Crippen LogP contribution in [0.2, 0.25) is 0 Å². The van der Waals surface area contributed by atoms with Crippen molar-refractivity contribution < 1.29 is 52.7 Å². The van der Waals surface area contributed by atoms with E-state index in [0.29, 0.717) is 24.3 Å². The number of nitro groups is 1. The number of nitro benzene ring substituents is 1. The summed E-state index contributed by atoms with van der Waals surface area (Å²) in [7, 11) is 4.08. The monoisotopic (exact) mass is 675 g/mol. The average molecular weight is 676 g/mol. The molecule has 1 unspecified atom stereocenters. The number of alkyl carbamates (subject to hydrolysis) is 1. The third-order valence-electron chi connectivity index (χ3n) is 7.15. The van der Waals surface area contributed by atoms with Crippen molar-refractivity contribution in [3.8, 4) is 23.8 Å². The van der Waals surface area contributed by atoms with Crippen LogP contribution in [0.5, 0.6) is 11.5 Å². The molecule has 1 atom stereocenters. The summed E-state index contributed by atoms with van der Waals surface area (Å²) in [6.07, 6.45) is 5.16. The molecule has 1 heterocycles. The maximum absolute atomic E-state index is 13.0. The maximum Gasteiger partial charge on any atom is 0.407 e. The van der Waals surface area contributed by atoms with Gasteiger partial charge in [0.2, 0.25) is 11.8 Å². The van der Waals surface area contributed by atoms with Crippen molar-refractivity contribution in [2.75, 3.05) is 40.9 Å². The molecule has 48 heavy (non-hydrogen) atoms. The minimum absolute atomic E-state index is 0.0261. The molecule has 0 radical (unpaired) electrons. The molecule has 1 aliphatic rings. The second kappa shape index (κ2) is 20.0. The van der Waals surface area contributed by atoms with E-state index in [0.717, 1.165) is 6.07 Å². The minimum Gasteiger partial charge on any atom is -0.493 e. The molecule has 0 saturated carbocycles. The fourth-order valence-corrected chi connectivity index (χ4v) is 4.58. The van der Waals surface area contributed by atoms with E-state index < -0.39 is 46.5 Å². The smallest absolute Gasteiger partial charge is 0.407 e. The predicted molar refractivity (Wildman–Crippen MR) is 167 cm³/mol. The number of unbranched alkanes of at least 4 members (excludes halogenated alkanes) is 3. The van der Waals surface area contributed by atoms with Crippen LogP contribution >= 0.6 is 0 Å². The molecule has 0 spiro atoms. The van der Waals surface area contributed by atoms with Gasteiger partial charge in [-0.1, -0.05) is 12.3 Å². The van der Waals surface area contributed by atoms with E-state index >= 15 is 0 Å². The van der Waals surface area contributed by atoms with Gasteiger partial charge in [0.15, 0.2) is 17.6 Å². The lowest BCUT2D eigenvalue weighted by Crippen LogP contribution is -2.35. The molecule has 1 aliphatic heterocycles. The highest BCUT2D eigenvalue weighted by atomic mass is 16.7. The molecular formula is C31H41N5O12. The maximum atomic E-state index is 13.0. The number of nitrogens with one attached hydrogen (secondary N) is 2. The molecule has 0 aromatic heterocycles. The first-order chi connectivity index (χ1) is 22.9. The largest absolute Gasteiger partial charge is 0.493 e. The summed E-state index contributed by atoms with van der Waals surface area (Å²) in [5.41, 5.74) is -0.470. The topological polar surface area (TPSA) is 213 Å². The lowest BCUT2D eigenvalue weighted by Gasteiger charge is -2.25. The van der Waals surface area contributed by atoms with Crippen LogP contribution in [0.1, 0.15) is 75.9 Å². The Morgan fingerprint density at radius 1 is 0.979 bits per heavy atom. The Balaban J connectivity index is 2.03. The number of hydroxylamine groups is 2. The molecule has 17 heteroatoms. The van der Waals surface area contributed by atoms with Crippen LogP contribution < -0.4 is 20.1 Å². The van der Waals surface area contributed by atoms with Crippen LogP contribution in [-0.4, -0.2) is 91.5 Å². The van der Waals surface area contributed by atoms with E-state index in [1.165, 1.54) is 32.2 Å². The van der Waals surface area contributed by atoms with Crippen LogP contribution in [0.15, 0.2) is 12.1 Å². The Morgan fingerprint density at radius 3 is 2.23 bits per heavy atom. The van der Waals surface area contributed by atoms with Crippen molar-refractivity contribution in [1.82, 2.24) is 20.6 Å². The molecule has 0 bridgehead atoms. The Morgan fingerprint density at radius 2 is 1.60 bits per heavy atom. The summed E-state index contributed by atoms with van der Waals surface area (Å²) in [5.74, 6) is -0.0263. The van der Waals surface area contributed by atoms with Gasteiger partial charge in [0, 0.05) is 45.7 Å². The average Bonchev–Trinajstić information content (AvgIpc) is 3.37. The Labute approximate surface area is 277 Å². The van der Waals surface area contributed by atoms with Gasteiger partial charge in [-0.05, 0) is 31.7 Å². The molecule has 1 fully saturated rings. The number of rotatable bonds is 20. The summed E-state index contributed by atoms with van der Waals surface area (Å²) >= 11 is 0. The summed E-state index contributed by atoms with van der Waals surface area (Å²) in [5, 5.41) is 17.6. The number of methoxy groups -OCH3 is 2. The van der Waals surface area contributed by atoms with E-state index in [4.69, 9.17) is 25.5 Å². The van der Waals surface area contributed by atoms with Crippen molar-refractivity contribution in [1.29, 1.82) is 0 Å². The Kier molecular flexibility index (Phi) is 16.1. The van der Waals surface area contributed by atoms with Crippen molar-refractivity contribution >= 4 is 41.4 Å². The molecule has 1 aromatic rings. The first-order valence-corrected chi connectivity index (χ1v) is 15.3. The zero-order valence-corrected chi connectivity index (χ0v) is 27.2. The SMILES string of the molecule is C#CCNC(=O)CCCCCNC(=O)OC(CN(C)C(=O)CCCCC(=O)ON1C(=O)CCC1=O)c1cc(OC)c(OC)cc1[N+](=O)[O-].